The van der Waals surface area contributed by atoms with Gasteiger partial charge in [-0.25, -0.2) is 17.1 Å². The summed E-state index contributed by atoms with van der Waals surface area (Å²) < 4.78 is 76.5. The molecule has 0 aliphatic rings. The minimum atomic E-state index is -4.87. The first kappa shape index (κ1) is 19.9. The molecule has 4 nitrogen and oxygen atoms in total. The van der Waals surface area contributed by atoms with Crippen LogP contribution in [-0.2, 0) is 16.2 Å². The molecule has 1 aromatic rings. The minimum Gasteiger partial charge on any atom is -0.327 e. The summed E-state index contributed by atoms with van der Waals surface area (Å²) in [6, 6.07) is 1.35. The molecule has 1 rings (SSSR count). The number of halogens is 4. The summed E-state index contributed by atoms with van der Waals surface area (Å²) in [5, 5.41) is 0. The van der Waals surface area contributed by atoms with Crippen molar-refractivity contribution in [1.29, 1.82) is 0 Å². The molecule has 2 N–H and O–H groups in total. The van der Waals surface area contributed by atoms with Crippen molar-refractivity contribution in [3.8, 4) is 0 Å². The number of nitrogens with two attached hydrogens (primary N) is 1. The molecule has 0 fully saturated rings. The summed E-state index contributed by atoms with van der Waals surface area (Å²) in [5.41, 5.74) is 4.33. The standard InChI is InChI=1S/C14H20F4N2O2S/c1-9(2)13(19)6-7-20(3)23(21,22)10-4-5-11(12(15)8-10)14(16,17)18/h4-5,8-9,13H,6-7,19H2,1-3H3. The topological polar surface area (TPSA) is 63.4 Å². The van der Waals surface area contributed by atoms with E-state index < -0.39 is 32.5 Å². The number of benzene rings is 1. The first-order chi connectivity index (χ1) is 10.4. The smallest absolute Gasteiger partial charge is 0.327 e. The zero-order chi connectivity index (χ0) is 18.0. The lowest BCUT2D eigenvalue weighted by molar-refractivity contribution is -0.140. The van der Waals surface area contributed by atoms with Crippen LogP contribution in [0.2, 0.25) is 0 Å². The number of hydrogen-bond donors (Lipinski definition) is 1. The van der Waals surface area contributed by atoms with E-state index >= 15 is 0 Å². The molecule has 0 amide bonds. The van der Waals surface area contributed by atoms with Crippen LogP contribution in [-0.4, -0.2) is 32.4 Å². The fraction of sp³-hybridized carbons (Fsp3) is 0.571. The van der Waals surface area contributed by atoms with E-state index in [9.17, 15) is 26.0 Å². The van der Waals surface area contributed by atoms with Crippen LogP contribution in [0.4, 0.5) is 17.6 Å². The highest BCUT2D eigenvalue weighted by Gasteiger charge is 2.35. The van der Waals surface area contributed by atoms with Gasteiger partial charge in [0.25, 0.3) is 0 Å². The van der Waals surface area contributed by atoms with E-state index in [0.29, 0.717) is 18.6 Å². The molecule has 0 aliphatic heterocycles. The molecule has 0 spiro atoms. The van der Waals surface area contributed by atoms with Crippen LogP contribution in [0.15, 0.2) is 23.1 Å². The minimum absolute atomic E-state index is 0.0876. The molecule has 1 atom stereocenters. The number of rotatable bonds is 6. The van der Waals surface area contributed by atoms with Crippen molar-refractivity contribution in [2.45, 2.75) is 37.4 Å². The van der Waals surface area contributed by atoms with E-state index in [2.05, 4.69) is 0 Å². The van der Waals surface area contributed by atoms with Crippen molar-refractivity contribution in [2.24, 2.45) is 11.7 Å². The van der Waals surface area contributed by atoms with Gasteiger partial charge in [-0.05, 0) is 30.5 Å². The second kappa shape index (κ2) is 7.14. The van der Waals surface area contributed by atoms with Gasteiger partial charge in [-0.3, -0.25) is 0 Å². The van der Waals surface area contributed by atoms with E-state index in [1.165, 1.54) is 7.05 Å². The first-order valence-corrected chi connectivity index (χ1v) is 8.40. The average Bonchev–Trinajstić information content (AvgIpc) is 2.42. The van der Waals surface area contributed by atoms with Crippen LogP contribution in [0.1, 0.15) is 25.8 Å². The van der Waals surface area contributed by atoms with Crippen molar-refractivity contribution in [2.75, 3.05) is 13.6 Å². The Kier molecular flexibility index (Phi) is 6.17. The van der Waals surface area contributed by atoms with E-state index in [0.717, 1.165) is 10.4 Å². The van der Waals surface area contributed by atoms with Crippen LogP contribution in [0.25, 0.3) is 0 Å². The monoisotopic (exact) mass is 356 g/mol. The zero-order valence-electron chi connectivity index (χ0n) is 13.1. The Balaban J connectivity index is 2.98. The number of nitrogens with zero attached hydrogens (tertiary/aromatic N) is 1. The molecule has 132 valence electrons. The largest absolute Gasteiger partial charge is 0.419 e. The van der Waals surface area contributed by atoms with Gasteiger partial charge in [0.1, 0.15) is 5.82 Å². The lowest BCUT2D eigenvalue weighted by Crippen LogP contribution is -2.34. The third-order valence-electron chi connectivity index (χ3n) is 3.59. The Morgan fingerprint density at radius 1 is 1.26 bits per heavy atom. The fourth-order valence-electron chi connectivity index (χ4n) is 1.85. The normalized spacial score (nSPS) is 14.5. The Hall–Kier alpha value is -1.19. The highest BCUT2D eigenvalue weighted by molar-refractivity contribution is 7.89. The maximum Gasteiger partial charge on any atom is 0.419 e. The third kappa shape index (κ3) is 4.89. The molecule has 9 heteroatoms. The van der Waals surface area contributed by atoms with Crippen molar-refractivity contribution in [1.82, 2.24) is 4.31 Å². The molecule has 23 heavy (non-hydrogen) atoms. The van der Waals surface area contributed by atoms with Crippen molar-refractivity contribution >= 4 is 10.0 Å². The van der Waals surface area contributed by atoms with Crippen LogP contribution < -0.4 is 5.73 Å². The summed E-state index contributed by atoms with van der Waals surface area (Å²) in [6.45, 7) is 3.87. The lowest BCUT2D eigenvalue weighted by Gasteiger charge is -2.21. The maximum absolute atomic E-state index is 13.5. The van der Waals surface area contributed by atoms with Gasteiger partial charge in [-0.1, -0.05) is 13.8 Å². The summed E-state index contributed by atoms with van der Waals surface area (Å²) in [7, 11) is -2.80. The molecule has 0 saturated heterocycles. The van der Waals surface area contributed by atoms with Gasteiger partial charge < -0.3 is 5.73 Å². The maximum atomic E-state index is 13.5. The van der Waals surface area contributed by atoms with Gasteiger partial charge >= 0.3 is 6.18 Å². The molecule has 0 radical (unpaired) electrons. The predicted molar refractivity (Wildman–Crippen MR) is 78.6 cm³/mol. The number of sulfonamides is 1. The second-order valence-electron chi connectivity index (χ2n) is 5.66. The van der Waals surface area contributed by atoms with E-state index in [1.54, 1.807) is 0 Å². The zero-order valence-corrected chi connectivity index (χ0v) is 13.9. The molecule has 0 saturated carbocycles. The van der Waals surface area contributed by atoms with Crippen LogP contribution in [0.5, 0.6) is 0 Å². The fourth-order valence-corrected chi connectivity index (χ4v) is 3.05. The molecule has 1 unspecified atom stereocenters. The summed E-state index contributed by atoms with van der Waals surface area (Å²) in [4.78, 5) is -0.524. The highest BCUT2D eigenvalue weighted by atomic mass is 32.2. The van der Waals surface area contributed by atoms with Crippen molar-refractivity contribution in [3.63, 3.8) is 0 Å². The van der Waals surface area contributed by atoms with Gasteiger partial charge in [0.05, 0.1) is 10.5 Å². The molecule has 0 aliphatic carbocycles. The Labute approximate surface area is 133 Å². The van der Waals surface area contributed by atoms with Gasteiger partial charge in [0, 0.05) is 19.6 Å². The molecular weight excluding hydrogens is 336 g/mol. The quantitative estimate of drug-likeness (QED) is 0.797. The summed E-state index contributed by atoms with van der Waals surface area (Å²) in [6.07, 6.45) is -4.49. The Morgan fingerprint density at radius 2 is 1.83 bits per heavy atom. The lowest BCUT2D eigenvalue weighted by atomic mass is 10.0. The third-order valence-corrected chi connectivity index (χ3v) is 5.44. The van der Waals surface area contributed by atoms with Gasteiger partial charge in [-0.2, -0.15) is 13.2 Å². The molecule has 0 heterocycles. The van der Waals surface area contributed by atoms with Crippen molar-refractivity contribution < 1.29 is 26.0 Å². The SMILES string of the molecule is CC(C)C(N)CCN(C)S(=O)(=O)c1ccc(C(F)(F)F)c(F)c1. The number of alkyl halides is 3. The van der Waals surface area contributed by atoms with Gasteiger partial charge in [0.2, 0.25) is 10.0 Å². The molecule has 1 aromatic carbocycles. The summed E-state index contributed by atoms with van der Waals surface area (Å²) in [5.74, 6) is -1.46. The highest BCUT2D eigenvalue weighted by Crippen LogP contribution is 2.32. The van der Waals surface area contributed by atoms with E-state index in [-0.39, 0.29) is 18.5 Å². The van der Waals surface area contributed by atoms with E-state index in [4.69, 9.17) is 5.73 Å². The van der Waals surface area contributed by atoms with E-state index in [1.807, 2.05) is 13.8 Å². The Bertz CT molecular complexity index is 645. The Morgan fingerprint density at radius 3 is 2.26 bits per heavy atom. The molecule has 0 bridgehead atoms. The summed E-state index contributed by atoms with van der Waals surface area (Å²) >= 11 is 0. The van der Waals surface area contributed by atoms with Crippen LogP contribution in [0.3, 0.4) is 0 Å². The average molecular weight is 356 g/mol. The molecular formula is C14H20F4N2O2S. The molecule has 0 aromatic heterocycles. The van der Waals surface area contributed by atoms with Gasteiger partial charge in [-0.15, -0.1) is 0 Å². The van der Waals surface area contributed by atoms with Crippen molar-refractivity contribution in [3.05, 3.63) is 29.6 Å². The predicted octanol–water partition coefficient (Wildman–Crippen LogP) is 2.84. The van der Waals surface area contributed by atoms with Crippen LogP contribution >= 0.6 is 0 Å². The van der Waals surface area contributed by atoms with Crippen LogP contribution in [0, 0.1) is 11.7 Å². The first-order valence-electron chi connectivity index (χ1n) is 6.96. The second-order valence-corrected chi connectivity index (χ2v) is 7.71. The number of hydrogen-bond acceptors (Lipinski definition) is 3. The van der Waals surface area contributed by atoms with Gasteiger partial charge in [0.15, 0.2) is 0 Å².